The van der Waals surface area contributed by atoms with E-state index in [4.69, 9.17) is 0 Å². The monoisotopic (exact) mass is 239 g/mol. The summed E-state index contributed by atoms with van der Waals surface area (Å²) >= 11 is 1.75. The van der Waals surface area contributed by atoms with Crippen LogP contribution in [0.2, 0.25) is 0 Å². The van der Waals surface area contributed by atoms with E-state index in [1.54, 1.807) is 11.3 Å². The number of carboxylic acid groups (broad SMARTS) is 1. The maximum absolute atomic E-state index is 11.3. The number of aliphatic carboxylic acids is 1. The number of aryl methyl sites for hydroxylation is 1. The lowest BCUT2D eigenvalue weighted by atomic mass is 9.99. The van der Waals surface area contributed by atoms with Gasteiger partial charge in [0, 0.05) is 16.3 Å². The second-order valence-corrected chi connectivity index (χ2v) is 5.99. The first-order valence-electron chi connectivity index (χ1n) is 5.56. The molecule has 0 aromatic carbocycles. The average Bonchev–Trinajstić information content (AvgIpc) is 2.76. The normalized spacial score (nSPS) is 26.1. The first-order chi connectivity index (χ1) is 7.52. The molecule has 0 amide bonds. The SMILES string of the molecule is Cc1ccc(CN2CCCC2(C)C(=O)O)s1. The first kappa shape index (κ1) is 11.6. The van der Waals surface area contributed by atoms with Crippen molar-refractivity contribution in [2.45, 2.75) is 38.8 Å². The van der Waals surface area contributed by atoms with Crippen LogP contribution in [-0.2, 0) is 11.3 Å². The molecule has 0 radical (unpaired) electrons. The molecule has 1 N–H and O–H groups in total. The molecule has 1 aliphatic heterocycles. The molecule has 16 heavy (non-hydrogen) atoms. The second-order valence-electron chi connectivity index (χ2n) is 4.62. The summed E-state index contributed by atoms with van der Waals surface area (Å²) in [5.74, 6) is -0.696. The van der Waals surface area contributed by atoms with E-state index in [2.05, 4.69) is 24.0 Å². The third-order valence-electron chi connectivity index (χ3n) is 3.39. The van der Waals surface area contributed by atoms with Crippen molar-refractivity contribution in [1.82, 2.24) is 4.90 Å². The Kier molecular flexibility index (Phi) is 3.04. The number of likely N-dealkylation sites (tertiary alicyclic amines) is 1. The fraction of sp³-hybridized carbons (Fsp3) is 0.583. The molecule has 1 aliphatic rings. The minimum atomic E-state index is -0.696. The topological polar surface area (TPSA) is 40.5 Å². The third-order valence-corrected chi connectivity index (χ3v) is 4.38. The fourth-order valence-corrected chi connectivity index (χ4v) is 3.18. The van der Waals surface area contributed by atoms with Crippen LogP contribution in [0.25, 0.3) is 0 Å². The number of hydrogen-bond donors (Lipinski definition) is 1. The van der Waals surface area contributed by atoms with Crippen LogP contribution in [0.1, 0.15) is 29.5 Å². The largest absolute Gasteiger partial charge is 0.480 e. The smallest absolute Gasteiger partial charge is 0.323 e. The molecule has 3 nitrogen and oxygen atoms in total. The molecule has 1 aromatic rings. The molecule has 0 aliphatic carbocycles. The van der Waals surface area contributed by atoms with Crippen LogP contribution in [0.3, 0.4) is 0 Å². The molecule has 2 rings (SSSR count). The van der Waals surface area contributed by atoms with Gasteiger partial charge in [0.25, 0.3) is 0 Å². The van der Waals surface area contributed by atoms with E-state index in [9.17, 15) is 9.90 Å². The minimum absolute atomic E-state index is 0.669. The lowest BCUT2D eigenvalue weighted by Crippen LogP contribution is -2.47. The zero-order valence-corrected chi connectivity index (χ0v) is 10.5. The van der Waals surface area contributed by atoms with E-state index in [0.717, 1.165) is 25.9 Å². The number of carboxylic acids is 1. The van der Waals surface area contributed by atoms with Gasteiger partial charge >= 0.3 is 5.97 Å². The summed E-state index contributed by atoms with van der Waals surface area (Å²) in [7, 11) is 0. The Bertz CT molecular complexity index is 401. The van der Waals surface area contributed by atoms with E-state index in [-0.39, 0.29) is 0 Å². The van der Waals surface area contributed by atoms with Crippen LogP contribution in [0.5, 0.6) is 0 Å². The van der Waals surface area contributed by atoms with Crippen molar-refractivity contribution < 1.29 is 9.90 Å². The zero-order chi connectivity index (χ0) is 11.8. The van der Waals surface area contributed by atoms with Gasteiger partial charge in [-0.05, 0) is 45.4 Å². The summed E-state index contributed by atoms with van der Waals surface area (Å²) in [5, 5.41) is 9.29. The van der Waals surface area contributed by atoms with E-state index in [1.807, 2.05) is 6.92 Å². The second kappa shape index (κ2) is 4.18. The summed E-state index contributed by atoms with van der Waals surface area (Å²) in [6, 6.07) is 4.19. The van der Waals surface area contributed by atoms with Gasteiger partial charge in [0.2, 0.25) is 0 Å². The molecule has 2 heterocycles. The molecule has 1 fully saturated rings. The summed E-state index contributed by atoms with van der Waals surface area (Å²) in [6.07, 6.45) is 1.74. The van der Waals surface area contributed by atoms with Gasteiger partial charge in [0.05, 0.1) is 0 Å². The summed E-state index contributed by atoms with van der Waals surface area (Å²) in [6.45, 7) is 5.57. The summed E-state index contributed by atoms with van der Waals surface area (Å²) in [5.41, 5.74) is -0.669. The maximum Gasteiger partial charge on any atom is 0.323 e. The fourth-order valence-electron chi connectivity index (χ4n) is 2.27. The highest BCUT2D eigenvalue weighted by molar-refractivity contribution is 7.11. The minimum Gasteiger partial charge on any atom is -0.480 e. The van der Waals surface area contributed by atoms with Crippen molar-refractivity contribution in [3.8, 4) is 0 Å². The van der Waals surface area contributed by atoms with Crippen molar-refractivity contribution in [2.75, 3.05) is 6.54 Å². The molecule has 88 valence electrons. The molecule has 4 heteroatoms. The van der Waals surface area contributed by atoms with Crippen molar-refractivity contribution >= 4 is 17.3 Å². The van der Waals surface area contributed by atoms with Gasteiger partial charge in [0.1, 0.15) is 5.54 Å². The highest BCUT2D eigenvalue weighted by atomic mass is 32.1. The van der Waals surface area contributed by atoms with Crippen LogP contribution < -0.4 is 0 Å². The van der Waals surface area contributed by atoms with Crippen LogP contribution in [0, 0.1) is 6.92 Å². The van der Waals surface area contributed by atoms with E-state index >= 15 is 0 Å². The van der Waals surface area contributed by atoms with E-state index < -0.39 is 11.5 Å². The molecule has 0 bridgehead atoms. The Morgan fingerprint density at radius 1 is 1.62 bits per heavy atom. The molecule has 1 aromatic heterocycles. The molecule has 0 saturated carbocycles. The molecule has 1 atom stereocenters. The van der Waals surface area contributed by atoms with Gasteiger partial charge in [0.15, 0.2) is 0 Å². The zero-order valence-electron chi connectivity index (χ0n) is 9.69. The highest BCUT2D eigenvalue weighted by Gasteiger charge is 2.43. The number of carbonyl (C=O) groups is 1. The predicted octanol–water partition coefficient (Wildman–Crippen LogP) is 2.50. The van der Waals surface area contributed by atoms with Crippen LogP contribution in [0.15, 0.2) is 12.1 Å². The number of nitrogens with zero attached hydrogens (tertiary/aromatic N) is 1. The maximum atomic E-state index is 11.3. The van der Waals surface area contributed by atoms with Gasteiger partial charge in [-0.1, -0.05) is 0 Å². The molecule has 0 spiro atoms. The Morgan fingerprint density at radius 3 is 2.94 bits per heavy atom. The Labute approximate surface area is 99.7 Å². The number of thiophene rings is 1. The molecular formula is C12H17NO2S. The Morgan fingerprint density at radius 2 is 2.38 bits per heavy atom. The van der Waals surface area contributed by atoms with Crippen LogP contribution >= 0.6 is 11.3 Å². The van der Waals surface area contributed by atoms with Gasteiger partial charge in [-0.2, -0.15) is 0 Å². The van der Waals surface area contributed by atoms with Gasteiger partial charge in [-0.15, -0.1) is 11.3 Å². The standard InChI is InChI=1S/C12H17NO2S/c1-9-4-5-10(16-9)8-13-7-3-6-12(13,2)11(14)15/h4-5H,3,6-8H2,1-2H3,(H,14,15). The quantitative estimate of drug-likeness (QED) is 0.881. The summed E-state index contributed by atoms with van der Waals surface area (Å²) in [4.78, 5) is 15.9. The molecule has 1 unspecified atom stereocenters. The average molecular weight is 239 g/mol. The van der Waals surface area contributed by atoms with E-state index in [1.165, 1.54) is 9.75 Å². The number of rotatable bonds is 3. The van der Waals surface area contributed by atoms with Crippen molar-refractivity contribution in [2.24, 2.45) is 0 Å². The van der Waals surface area contributed by atoms with Gasteiger partial charge in [-0.3, -0.25) is 9.69 Å². The Hall–Kier alpha value is -0.870. The van der Waals surface area contributed by atoms with Crippen molar-refractivity contribution in [3.63, 3.8) is 0 Å². The highest BCUT2D eigenvalue weighted by Crippen LogP contribution is 2.31. The molecule has 1 saturated heterocycles. The Balaban J connectivity index is 2.12. The molecular weight excluding hydrogens is 222 g/mol. The first-order valence-corrected chi connectivity index (χ1v) is 6.38. The van der Waals surface area contributed by atoms with Gasteiger partial charge in [-0.25, -0.2) is 0 Å². The lowest BCUT2D eigenvalue weighted by molar-refractivity contribution is -0.148. The van der Waals surface area contributed by atoms with Crippen LogP contribution in [-0.4, -0.2) is 28.1 Å². The lowest BCUT2D eigenvalue weighted by Gasteiger charge is -2.30. The summed E-state index contributed by atoms with van der Waals surface area (Å²) < 4.78 is 0. The van der Waals surface area contributed by atoms with Crippen LogP contribution in [0.4, 0.5) is 0 Å². The number of hydrogen-bond acceptors (Lipinski definition) is 3. The third kappa shape index (κ3) is 1.99. The van der Waals surface area contributed by atoms with Crippen molar-refractivity contribution in [3.05, 3.63) is 21.9 Å². The predicted molar refractivity (Wildman–Crippen MR) is 64.7 cm³/mol. The van der Waals surface area contributed by atoms with Crippen molar-refractivity contribution in [1.29, 1.82) is 0 Å². The van der Waals surface area contributed by atoms with E-state index in [0.29, 0.717) is 0 Å². The van der Waals surface area contributed by atoms with Gasteiger partial charge < -0.3 is 5.11 Å².